The number of nitrogens with zero attached hydrogens (tertiary/aromatic N) is 3. The van der Waals surface area contributed by atoms with Crippen LogP contribution in [0.4, 0.5) is 5.13 Å². The molecule has 1 aliphatic rings. The lowest BCUT2D eigenvalue weighted by molar-refractivity contribution is -0.131. The van der Waals surface area contributed by atoms with Crippen LogP contribution >= 0.6 is 11.3 Å². The largest absolute Gasteiger partial charge is 0.374 e. The number of hydrogen-bond acceptors (Lipinski definition) is 6. The number of nitrogens with two attached hydrogens (primary N) is 1. The van der Waals surface area contributed by atoms with E-state index in [-0.39, 0.29) is 11.8 Å². The summed E-state index contributed by atoms with van der Waals surface area (Å²) in [6.07, 6.45) is 4.69. The molecule has 2 amide bonds. The average Bonchev–Trinajstić information content (AvgIpc) is 2.75. The Kier molecular flexibility index (Phi) is 5.91. The molecule has 0 spiro atoms. The first-order valence-electron chi connectivity index (χ1n) is 7.27. The molecule has 1 fully saturated rings. The highest BCUT2D eigenvalue weighted by atomic mass is 32.1. The van der Waals surface area contributed by atoms with Crippen LogP contribution in [0.2, 0.25) is 0 Å². The van der Waals surface area contributed by atoms with Gasteiger partial charge in [-0.2, -0.15) is 0 Å². The average molecular weight is 311 g/mol. The third-order valence-corrected chi connectivity index (χ3v) is 4.24. The number of rotatable bonds is 6. The molecule has 1 aromatic heterocycles. The van der Waals surface area contributed by atoms with Crippen molar-refractivity contribution in [2.45, 2.75) is 38.5 Å². The third kappa shape index (κ3) is 5.30. The van der Waals surface area contributed by atoms with Crippen LogP contribution in [0.5, 0.6) is 0 Å². The summed E-state index contributed by atoms with van der Waals surface area (Å²) in [5.74, 6) is 0.133. The van der Waals surface area contributed by atoms with E-state index < -0.39 is 0 Å². The summed E-state index contributed by atoms with van der Waals surface area (Å²) >= 11 is 1.33. The number of carbonyl (C=O) groups is 2. The molecule has 0 aliphatic carbocycles. The molecule has 3 N–H and O–H groups in total. The quantitative estimate of drug-likeness (QED) is 0.800. The molecule has 0 bridgehead atoms. The summed E-state index contributed by atoms with van der Waals surface area (Å²) in [7, 11) is 0. The highest BCUT2D eigenvalue weighted by Gasteiger charge is 2.17. The van der Waals surface area contributed by atoms with Gasteiger partial charge in [0.15, 0.2) is 0 Å². The number of anilines is 1. The summed E-state index contributed by atoms with van der Waals surface area (Å²) in [6, 6.07) is 0. The van der Waals surface area contributed by atoms with E-state index >= 15 is 0 Å². The van der Waals surface area contributed by atoms with Crippen LogP contribution in [0.1, 0.15) is 37.1 Å². The highest BCUT2D eigenvalue weighted by molar-refractivity contribution is 7.15. The molecule has 1 aliphatic heterocycles. The Bertz CT molecular complexity index is 491. The van der Waals surface area contributed by atoms with Gasteiger partial charge in [0.05, 0.1) is 0 Å². The predicted molar refractivity (Wildman–Crippen MR) is 80.7 cm³/mol. The second kappa shape index (κ2) is 7.92. The molecule has 1 aromatic rings. The molecule has 0 radical (unpaired) electrons. The Morgan fingerprint density at radius 3 is 2.95 bits per heavy atom. The number of nitrogens with one attached hydrogen (secondary N) is 1. The van der Waals surface area contributed by atoms with Crippen LogP contribution in [0.25, 0.3) is 0 Å². The lowest BCUT2D eigenvalue weighted by atomic mass is 10.2. The van der Waals surface area contributed by atoms with Crippen LogP contribution in [0, 0.1) is 0 Å². The van der Waals surface area contributed by atoms with E-state index in [4.69, 9.17) is 5.73 Å². The Morgan fingerprint density at radius 1 is 1.33 bits per heavy atom. The minimum absolute atomic E-state index is 0.0375. The minimum Gasteiger partial charge on any atom is -0.374 e. The summed E-state index contributed by atoms with van der Waals surface area (Å²) in [4.78, 5) is 25.4. The summed E-state index contributed by atoms with van der Waals surface area (Å²) < 4.78 is 0. The van der Waals surface area contributed by atoms with Gasteiger partial charge < -0.3 is 16.0 Å². The molecule has 0 atom stereocenters. The van der Waals surface area contributed by atoms with Crippen LogP contribution in [0.3, 0.4) is 0 Å². The first kappa shape index (κ1) is 15.7. The fraction of sp³-hybridized carbons (Fsp3) is 0.692. The zero-order valence-electron chi connectivity index (χ0n) is 12.0. The molecule has 0 unspecified atom stereocenters. The molecule has 0 aromatic carbocycles. The lowest BCUT2D eigenvalue weighted by Gasteiger charge is -2.19. The number of hydrogen-bond donors (Lipinski definition) is 2. The Hall–Kier alpha value is -1.70. The van der Waals surface area contributed by atoms with Crippen molar-refractivity contribution in [3.05, 3.63) is 5.01 Å². The van der Waals surface area contributed by atoms with E-state index in [9.17, 15) is 9.59 Å². The van der Waals surface area contributed by atoms with Crippen molar-refractivity contribution in [1.82, 2.24) is 20.4 Å². The first-order chi connectivity index (χ1) is 10.1. The molecule has 21 heavy (non-hydrogen) atoms. The van der Waals surface area contributed by atoms with Crippen molar-refractivity contribution >= 4 is 28.3 Å². The summed E-state index contributed by atoms with van der Waals surface area (Å²) in [5.41, 5.74) is 5.49. The second-order valence-corrected chi connectivity index (χ2v) is 6.17. The predicted octanol–water partition coefficient (Wildman–Crippen LogP) is 0.572. The van der Waals surface area contributed by atoms with E-state index in [2.05, 4.69) is 15.5 Å². The van der Waals surface area contributed by atoms with Crippen LogP contribution in [-0.4, -0.2) is 46.5 Å². The molecular formula is C13H21N5O2S. The van der Waals surface area contributed by atoms with Crippen LogP contribution in [0.15, 0.2) is 0 Å². The molecule has 116 valence electrons. The standard InChI is InChI=1S/C13H21N5O2S/c14-13-17-16-11(21-13)5-7-15-10(19)6-9-18-8-3-1-2-4-12(18)20/h1-9H2,(H2,14,17)(H,15,19). The maximum Gasteiger partial charge on any atom is 0.222 e. The molecule has 2 rings (SSSR count). The van der Waals surface area contributed by atoms with E-state index in [1.165, 1.54) is 11.3 Å². The monoisotopic (exact) mass is 311 g/mol. The molecule has 7 nitrogen and oxygen atoms in total. The molecule has 2 heterocycles. The lowest BCUT2D eigenvalue weighted by Crippen LogP contribution is -2.35. The maximum absolute atomic E-state index is 11.8. The van der Waals surface area contributed by atoms with E-state index in [1.54, 1.807) is 4.90 Å². The van der Waals surface area contributed by atoms with Crippen molar-refractivity contribution in [2.75, 3.05) is 25.4 Å². The van der Waals surface area contributed by atoms with Gasteiger partial charge in [-0.15, -0.1) is 10.2 Å². The van der Waals surface area contributed by atoms with Gasteiger partial charge in [0.1, 0.15) is 5.01 Å². The van der Waals surface area contributed by atoms with E-state index in [0.29, 0.717) is 37.5 Å². The fourth-order valence-corrected chi connectivity index (χ4v) is 2.89. The van der Waals surface area contributed by atoms with Gasteiger partial charge >= 0.3 is 0 Å². The zero-order chi connectivity index (χ0) is 15.1. The van der Waals surface area contributed by atoms with Gasteiger partial charge in [-0.1, -0.05) is 17.8 Å². The Labute approximate surface area is 127 Å². The van der Waals surface area contributed by atoms with Gasteiger partial charge in [0.2, 0.25) is 16.9 Å². The minimum atomic E-state index is -0.0375. The smallest absolute Gasteiger partial charge is 0.222 e. The SMILES string of the molecule is Nc1nnc(CCNC(=O)CCN2CCCCCC2=O)s1. The van der Waals surface area contributed by atoms with Crippen LogP contribution < -0.4 is 11.1 Å². The Morgan fingerprint density at radius 2 is 2.19 bits per heavy atom. The second-order valence-electron chi connectivity index (χ2n) is 5.08. The zero-order valence-corrected chi connectivity index (χ0v) is 12.8. The van der Waals surface area contributed by atoms with Gasteiger partial charge in [0.25, 0.3) is 0 Å². The number of amides is 2. The fourth-order valence-electron chi connectivity index (χ4n) is 2.28. The molecule has 8 heteroatoms. The number of likely N-dealkylation sites (tertiary alicyclic amines) is 1. The first-order valence-corrected chi connectivity index (χ1v) is 8.09. The van der Waals surface area contributed by atoms with Crippen molar-refractivity contribution in [1.29, 1.82) is 0 Å². The van der Waals surface area contributed by atoms with Gasteiger partial charge in [-0.05, 0) is 12.8 Å². The number of aromatic nitrogens is 2. The van der Waals surface area contributed by atoms with Gasteiger partial charge in [-0.25, -0.2) is 0 Å². The van der Waals surface area contributed by atoms with Crippen molar-refractivity contribution in [3.63, 3.8) is 0 Å². The third-order valence-electron chi connectivity index (χ3n) is 3.42. The topological polar surface area (TPSA) is 101 Å². The summed E-state index contributed by atoms with van der Waals surface area (Å²) in [5, 5.41) is 11.7. The normalized spacial score (nSPS) is 15.8. The van der Waals surface area contributed by atoms with Crippen molar-refractivity contribution in [3.8, 4) is 0 Å². The molecular weight excluding hydrogens is 290 g/mol. The number of carbonyl (C=O) groups excluding carboxylic acids is 2. The highest BCUT2D eigenvalue weighted by Crippen LogP contribution is 2.12. The number of nitrogen functional groups attached to an aromatic ring is 1. The Balaban J connectivity index is 1.63. The van der Waals surface area contributed by atoms with E-state index in [1.807, 2.05) is 0 Å². The van der Waals surface area contributed by atoms with Crippen molar-refractivity contribution < 1.29 is 9.59 Å². The van der Waals surface area contributed by atoms with E-state index in [0.717, 1.165) is 30.8 Å². The molecule has 1 saturated heterocycles. The van der Waals surface area contributed by atoms with Gasteiger partial charge in [-0.3, -0.25) is 9.59 Å². The molecule has 0 saturated carbocycles. The van der Waals surface area contributed by atoms with Gasteiger partial charge in [0, 0.05) is 38.9 Å². The van der Waals surface area contributed by atoms with Crippen LogP contribution in [-0.2, 0) is 16.0 Å². The van der Waals surface area contributed by atoms with Crippen molar-refractivity contribution in [2.24, 2.45) is 0 Å². The summed E-state index contributed by atoms with van der Waals surface area (Å²) in [6.45, 7) is 1.80. The maximum atomic E-state index is 11.8.